The number of nitrogens with zero attached hydrogens (tertiary/aromatic N) is 2. The Labute approximate surface area is 145 Å². The first-order chi connectivity index (χ1) is 12.1. The molecule has 2 aliphatic heterocycles. The van der Waals surface area contributed by atoms with E-state index in [1.807, 2.05) is 30.3 Å². The summed E-state index contributed by atoms with van der Waals surface area (Å²) in [5.41, 5.74) is 1.65. The van der Waals surface area contributed by atoms with Crippen LogP contribution in [0.5, 0.6) is 0 Å². The lowest BCUT2D eigenvalue weighted by molar-refractivity contribution is -0.125. The third-order valence-corrected chi connectivity index (χ3v) is 4.91. The molecule has 2 aliphatic rings. The molecule has 3 heterocycles. The third-order valence-electron chi connectivity index (χ3n) is 4.91. The standard InChI is InChI=1S/C18H19N3O4/c1-11-16(25-10-20-11)18(23)21-8-13(12-5-3-2-4-6-12)17-14(21)7-19-15(22)9-24-17/h2-6,10,13-14,17H,7-9H2,1H3,(H,19,22)/t13-,14-,17-/m1/s1. The summed E-state index contributed by atoms with van der Waals surface area (Å²) in [6.45, 7) is 2.62. The van der Waals surface area contributed by atoms with Crippen molar-refractivity contribution in [3.05, 3.63) is 53.7 Å². The monoisotopic (exact) mass is 341 g/mol. The van der Waals surface area contributed by atoms with Gasteiger partial charge in [0.05, 0.1) is 17.8 Å². The van der Waals surface area contributed by atoms with Gasteiger partial charge < -0.3 is 19.4 Å². The van der Waals surface area contributed by atoms with Crippen molar-refractivity contribution >= 4 is 11.8 Å². The molecule has 25 heavy (non-hydrogen) atoms. The van der Waals surface area contributed by atoms with Crippen molar-refractivity contribution in [3.63, 3.8) is 0 Å². The fourth-order valence-corrected chi connectivity index (χ4v) is 3.66. The van der Waals surface area contributed by atoms with Crippen molar-refractivity contribution in [2.45, 2.75) is 25.0 Å². The lowest BCUT2D eigenvalue weighted by Crippen LogP contribution is -2.45. The number of carbonyl (C=O) groups is 2. The van der Waals surface area contributed by atoms with Gasteiger partial charge in [0.1, 0.15) is 6.61 Å². The van der Waals surface area contributed by atoms with Crippen molar-refractivity contribution in [2.24, 2.45) is 0 Å². The van der Waals surface area contributed by atoms with E-state index < -0.39 is 0 Å². The number of fused-ring (bicyclic) bond motifs is 1. The molecule has 4 rings (SSSR count). The fourth-order valence-electron chi connectivity index (χ4n) is 3.66. The fraction of sp³-hybridized carbons (Fsp3) is 0.389. The largest absolute Gasteiger partial charge is 0.438 e. The molecule has 1 N–H and O–H groups in total. The number of amides is 2. The summed E-state index contributed by atoms with van der Waals surface area (Å²) in [4.78, 5) is 30.5. The van der Waals surface area contributed by atoms with E-state index in [1.54, 1.807) is 11.8 Å². The molecule has 0 spiro atoms. The number of aryl methyl sites for hydroxylation is 1. The van der Waals surface area contributed by atoms with Crippen molar-refractivity contribution in [1.29, 1.82) is 0 Å². The Morgan fingerprint density at radius 1 is 1.32 bits per heavy atom. The number of oxazole rings is 1. The van der Waals surface area contributed by atoms with Gasteiger partial charge in [-0.15, -0.1) is 0 Å². The average Bonchev–Trinajstić information content (AvgIpc) is 3.16. The summed E-state index contributed by atoms with van der Waals surface area (Å²) in [7, 11) is 0. The molecule has 0 aliphatic carbocycles. The molecule has 0 saturated carbocycles. The zero-order chi connectivity index (χ0) is 17.4. The van der Waals surface area contributed by atoms with Crippen molar-refractivity contribution in [1.82, 2.24) is 15.2 Å². The highest BCUT2D eigenvalue weighted by Crippen LogP contribution is 2.36. The van der Waals surface area contributed by atoms with E-state index in [0.717, 1.165) is 5.56 Å². The number of benzene rings is 1. The Morgan fingerprint density at radius 3 is 2.84 bits per heavy atom. The average molecular weight is 341 g/mol. The Balaban J connectivity index is 1.68. The van der Waals surface area contributed by atoms with Gasteiger partial charge >= 0.3 is 0 Å². The van der Waals surface area contributed by atoms with E-state index in [0.29, 0.717) is 18.8 Å². The van der Waals surface area contributed by atoms with E-state index in [4.69, 9.17) is 9.15 Å². The first-order valence-corrected chi connectivity index (χ1v) is 8.29. The van der Waals surface area contributed by atoms with E-state index in [2.05, 4.69) is 10.3 Å². The summed E-state index contributed by atoms with van der Waals surface area (Å²) < 4.78 is 11.2. The van der Waals surface area contributed by atoms with Crippen LogP contribution in [0.15, 0.2) is 41.1 Å². The van der Waals surface area contributed by atoms with Crippen molar-refractivity contribution in [3.8, 4) is 0 Å². The molecule has 2 amide bonds. The second-order valence-corrected chi connectivity index (χ2v) is 6.39. The summed E-state index contributed by atoms with van der Waals surface area (Å²) in [5, 5.41) is 2.83. The number of rotatable bonds is 2. The lowest BCUT2D eigenvalue weighted by atomic mass is 9.93. The van der Waals surface area contributed by atoms with Gasteiger partial charge in [0.25, 0.3) is 5.91 Å². The number of nitrogens with one attached hydrogen (secondary N) is 1. The van der Waals surface area contributed by atoms with Gasteiger partial charge in [-0.25, -0.2) is 4.98 Å². The van der Waals surface area contributed by atoms with Crippen LogP contribution in [-0.2, 0) is 9.53 Å². The topological polar surface area (TPSA) is 84.7 Å². The maximum absolute atomic E-state index is 13.0. The quantitative estimate of drug-likeness (QED) is 0.884. The SMILES string of the molecule is Cc1ncoc1C(=O)N1C[C@H](c2ccccc2)[C@H]2OCC(=O)NC[C@H]21. The van der Waals surface area contributed by atoms with E-state index in [1.165, 1.54) is 6.39 Å². The van der Waals surface area contributed by atoms with Gasteiger partial charge in [0.2, 0.25) is 11.7 Å². The van der Waals surface area contributed by atoms with Crippen molar-refractivity contribution in [2.75, 3.05) is 19.7 Å². The van der Waals surface area contributed by atoms with Crippen LogP contribution in [0.25, 0.3) is 0 Å². The molecule has 1 aromatic carbocycles. The van der Waals surface area contributed by atoms with Gasteiger partial charge in [0, 0.05) is 19.0 Å². The molecule has 0 unspecified atom stereocenters. The summed E-state index contributed by atoms with van der Waals surface area (Å²) in [6.07, 6.45) is 1.03. The zero-order valence-electron chi connectivity index (χ0n) is 13.8. The number of aromatic nitrogens is 1. The van der Waals surface area contributed by atoms with Crippen LogP contribution in [0.4, 0.5) is 0 Å². The molecule has 2 aromatic rings. The van der Waals surface area contributed by atoms with E-state index in [9.17, 15) is 9.59 Å². The number of hydrogen-bond acceptors (Lipinski definition) is 5. The predicted octanol–water partition coefficient (Wildman–Crippen LogP) is 1.11. The minimum absolute atomic E-state index is 0.00563. The Hall–Kier alpha value is -2.67. The Morgan fingerprint density at radius 2 is 2.12 bits per heavy atom. The number of hydrogen-bond donors (Lipinski definition) is 1. The molecular weight excluding hydrogens is 322 g/mol. The Kier molecular flexibility index (Phi) is 4.01. The molecule has 7 nitrogen and oxygen atoms in total. The first-order valence-electron chi connectivity index (χ1n) is 8.29. The maximum atomic E-state index is 13.0. The first kappa shape index (κ1) is 15.8. The van der Waals surface area contributed by atoms with Crippen LogP contribution in [0.2, 0.25) is 0 Å². The number of likely N-dealkylation sites (tertiary alicyclic amines) is 1. The van der Waals surface area contributed by atoms with E-state index >= 15 is 0 Å². The van der Waals surface area contributed by atoms with Gasteiger partial charge in [-0.05, 0) is 12.5 Å². The smallest absolute Gasteiger partial charge is 0.291 e. The van der Waals surface area contributed by atoms with Crippen LogP contribution < -0.4 is 5.32 Å². The molecule has 2 saturated heterocycles. The van der Waals surface area contributed by atoms with Gasteiger partial charge in [-0.2, -0.15) is 0 Å². The molecule has 0 bridgehead atoms. The summed E-state index contributed by atoms with van der Waals surface area (Å²) >= 11 is 0. The van der Waals surface area contributed by atoms with Crippen LogP contribution in [0.3, 0.4) is 0 Å². The van der Waals surface area contributed by atoms with Crippen LogP contribution in [-0.4, -0.2) is 53.5 Å². The lowest BCUT2D eigenvalue weighted by Gasteiger charge is -2.25. The number of ether oxygens (including phenoxy) is 1. The van der Waals surface area contributed by atoms with Gasteiger partial charge in [0.15, 0.2) is 6.39 Å². The second kappa shape index (κ2) is 6.33. The highest BCUT2D eigenvalue weighted by Gasteiger charge is 2.47. The van der Waals surface area contributed by atoms with Crippen molar-refractivity contribution < 1.29 is 18.7 Å². The summed E-state index contributed by atoms with van der Waals surface area (Å²) in [6, 6.07) is 9.70. The van der Waals surface area contributed by atoms with Gasteiger partial charge in [-0.1, -0.05) is 30.3 Å². The molecule has 0 radical (unpaired) electrons. The third kappa shape index (κ3) is 2.80. The van der Waals surface area contributed by atoms with Crippen LogP contribution in [0, 0.1) is 6.92 Å². The minimum atomic E-state index is -0.242. The predicted molar refractivity (Wildman–Crippen MR) is 88.0 cm³/mol. The zero-order valence-corrected chi connectivity index (χ0v) is 13.8. The Bertz CT molecular complexity index is 789. The second-order valence-electron chi connectivity index (χ2n) is 6.39. The van der Waals surface area contributed by atoms with E-state index in [-0.39, 0.29) is 42.2 Å². The van der Waals surface area contributed by atoms with Crippen LogP contribution in [0.1, 0.15) is 27.7 Å². The molecule has 130 valence electrons. The molecule has 3 atom stereocenters. The highest BCUT2D eigenvalue weighted by atomic mass is 16.5. The molecular formula is C18H19N3O4. The van der Waals surface area contributed by atoms with Gasteiger partial charge in [-0.3, -0.25) is 9.59 Å². The molecule has 7 heteroatoms. The normalized spacial score (nSPS) is 26.0. The molecule has 2 fully saturated rings. The number of carbonyl (C=O) groups excluding carboxylic acids is 2. The molecule has 1 aromatic heterocycles. The van der Waals surface area contributed by atoms with Crippen LogP contribution >= 0.6 is 0 Å². The summed E-state index contributed by atoms with van der Waals surface area (Å²) in [5.74, 6) is -0.137. The maximum Gasteiger partial charge on any atom is 0.291 e. The highest BCUT2D eigenvalue weighted by molar-refractivity contribution is 5.93. The minimum Gasteiger partial charge on any atom is -0.438 e.